The van der Waals surface area contributed by atoms with Crippen LogP contribution < -0.4 is 0 Å². The van der Waals surface area contributed by atoms with Crippen LogP contribution in [0.4, 0.5) is 0 Å². The Morgan fingerprint density at radius 3 is 2.64 bits per heavy atom. The van der Waals surface area contributed by atoms with Gasteiger partial charge in [0.25, 0.3) is 5.91 Å². The average Bonchev–Trinajstić information content (AvgIpc) is 3.34. The van der Waals surface area contributed by atoms with Crippen LogP contribution in [0.25, 0.3) is 0 Å². The highest BCUT2D eigenvalue weighted by Crippen LogP contribution is 2.37. The fourth-order valence-electron chi connectivity index (χ4n) is 4.20. The van der Waals surface area contributed by atoms with E-state index in [4.69, 9.17) is 0 Å². The molecule has 132 valence electrons. The third-order valence-corrected chi connectivity index (χ3v) is 6.49. The van der Waals surface area contributed by atoms with Crippen LogP contribution in [0.15, 0.2) is 29.9 Å². The lowest BCUT2D eigenvalue weighted by molar-refractivity contribution is 0.0693. The molecule has 2 aromatic heterocycles. The highest BCUT2D eigenvalue weighted by molar-refractivity contribution is 7.11. The molecule has 0 unspecified atom stereocenters. The number of rotatable bonds is 4. The van der Waals surface area contributed by atoms with Crippen LogP contribution >= 0.6 is 11.3 Å². The van der Waals surface area contributed by atoms with E-state index >= 15 is 0 Å². The van der Waals surface area contributed by atoms with Gasteiger partial charge in [-0.2, -0.15) is 0 Å². The molecule has 2 aliphatic rings. The summed E-state index contributed by atoms with van der Waals surface area (Å²) in [6.45, 7) is 1.72. The minimum Gasteiger partial charge on any atom is -0.338 e. The second-order valence-electron chi connectivity index (χ2n) is 7.31. The predicted octanol–water partition coefficient (Wildman–Crippen LogP) is 4.29. The van der Waals surface area contributed by atoms with Crippen molar-refractivity contribution in [1.29, 1.82) is 0 Å². The first kappa shape index (κ1) is 16.7. The van der Waals surface area contributed by atoms with Crippen molar-refractivity contribution < 1.29 is 4.79 Å². The molecule has 0 bridgehead atoms. The van der Waals surface area contributed by atoms with Gasteiger partial charge in [0.05, 0.1) is 11.2 Å². The quantitative estimate of drug-likeness (QED) is 0.822. The van der Waals surface area contributed by atoms with Gasteiger partial charge in [0, 0.05) is 30.9 Å². The maximum absolute atomic E-state index is 13.0. The zero-order chi connectivity index (χ0) is 17.1. The summed E-state index contributed by atoms with van der Waals surface area (Å²) in [7, 11) is 0. The molecule has 25 heavy (non-hydrogen) atoms. The first-order valence-corrected chi connectivity index (χ1v) is 10.3. The highest BCUT2D eigenvalue weighted by Gasteiger charge is 2.30. The average molecular weight is 356 g/mol. The number of amides is 1. The molecule has 1 aliphatic carbocycles. The van der Waals surface area contributed by atoms with Gasteiger partial charge >= 0.3 is 0 Å². The zero-order valence-electron chi connectivity index (χ0n) is 14.6. The lowest BCUT2D eigenvalue weighted by atomic mass is 9.91. The van der Waals surface area contributed by atoms with Gasteiger partial charge < -0.3 is 4.90 Å². The number of pyridine rings is 1. The molecule has 0 radical (unpaired) electrons. The SMILES string of the molecule is O=C(c1scnc1C1CCCC1)N1CCC(Cc2ccccn2)CC1. The van der Waals surface area contributed by atoms with Gasteiger partial charge in [0.15, 0.2) is 0 Å². The first-order valence-electron chi connectivity index (χ1n) is 9.44. The molecule has 0 N–H and O–H groups in total. The highest BCUT2D eigenvalue weighted by atomic mass is 32.1. The largest absolute Gasteiger partial charge is 0.338 e. The van der Waals surface area contributed by atoms with Crippen LogP contribution in [-0.4, -0.2) is 33.9 Å². The van der Waals surface area contributed by atoms with Gasteiger partial charge in [-0.15, -0.1) is 11.3 Å². The minimum absolute atomic E-state index is 0.209. The van der Waals surface area contributed by atoms with E-state index in [1.165, 1.54) is 42.7 Å². The minimum atomic E-state index is 0.209. The Bertz CT molecular complexity index is 701. The molecule has 1 saturated heterocycles. The summed E-state index contributed by atoms with van der Waals surface area (Å²) in [6, 6.07) is 6.11. The molecule has 1 aliphatic heterocycles. The van der Waals surface area contributed by atoms with Crippen LogP contribution in [0.3, 0.4) is 0 Å². The van der Waals surface area contributed by atoms with Gasteiger partial charge in [0.1, 0.15) is 4.88 Å². The maximum Gasteiger partial charge on any atom is 0.265 e. The van der Waals surface area contributed by atoms with Gasteiger partial charge in [0.2, 0.25) is 0 Å². The second-order valence-corrected chi connectivity index (χ2v) is 8.16. The summed E-state index contributed by atoms with van der Waals surface area (Å²) in [5, 5.41) is 0. The van der Waals surface area contributed by atoms with E-state index in [1.54, 1.807) is 0 Å². The Kier molecular flexibility index (Phi) is 5.11. The number of likely N-dealkylation sites (tertiary alicyclic amines) is 1. The summed E-state index contributed by atoms with van der Waals surface area (Å²) in [5.41, 5.74) is 4.09. The number of carbonyl (C=O) groups is 1. The lowest BCUT2D eigenvalue weighted by Crippen LogP contribution is -2.39. The van der Waals surface area contributed by atoms with E-state index in [-0.39, 0.29) is 5.91 Å². The van der Waals surface area contributed by atoms with Gasteiger partial charge in [-0.1, -0.05) is 18.9 Å². The third-order valence-electron chi connectivity index (χ3n) is 5.66. The molecular formula is C20H25N3OS. The second kappa shape index (κ2) is 7.65. The fourth-order valence-corrected chi connectivity index (χ4v) is 5.04. The first-order chi connectivity index (χ1) is 12.3. The summed E-state index contributed by atoms with van der Waals surface area (Å²) in [6.07, 6.45) is 9.95. The number of aromatic nitrogens is 2. The standard InChI is InChI=1S/C20H25N3OS/c24-20(19-18(22-14-25-19)16-5-1-2-6-16)23-11-8-15(9-12-23)13-17-7-3-4-10-21-17/h3-4,7,10,14-16H,1-2,5-6,8-9,11-13H2. The van der Waals surface area contributed by atoms with Crippen LogP contribution in [0.5, 0.6) is 0 Å². The number of piperidine rings is 1. The summed E-state index contributed by atoms with van der Waals surface area (Å²) >= 11 is 1.53. The normalized spacial score (nSPS) is 19.4. The molecular weight excluding hydrogens is 330 g/mol. The molecule has 4 rings (SSSR count). The maximum atomic E-state index is 13.0. The smallest absolute Gasteiger partial charge is 0.265 e. The van der Waals surface area contributed by atoms with E-state index in [2.05, 4.69) is 22.1 Å². The molecule has 2 fully saturated rings. The van der Waals surface area contributed by atoms with E-state index in [9.17, 15) is 4.79 Å². The van der Waals surface area contributed by atoms with Gasteiger partial charge in [-0.25, -0.2) is 4.98 Å². The molecule has 3 heterocycles. The summed E-state index contributed by atoms with van der Waals surface area (Å²) < 4.78 is 0. The van der Waals surface area contributed by atoms with E-state index < -0.39 is 0 Å². The van der Waals surface area contributed by atoms with Crippen molar-refractivity contribution in [3.05, 3.63) is 46.2 Å². The molecule has 5 heteroatoms. The molecule has 1 saturated carbocycles. The van der Waals surface area contributed by atoms with Crippen molar-refractivity contribution >= 4 is 17.2 Å². The Hall–Kier alpha value is -1.75. The van der Waals surface area contributed by atoms with Gasteiger partial charge in [-0.3, -0.25) is 9.78 Å². The lowest BCUT2D eigenvalue weighted by Gasteiger charge is -2.32. The van der Waals surface area contributed by atoms with Crippen LogP contribution in [0, 0.1) is 5.92 Å². The Morgan fingerprint density at radius 2 is 1.92 bits per heavy atom. The topological polar surface area (TPSA) is 46.1 Å². The summed E-state index contributed by atoms with van der Waals surface area (Å²) in [4.78, 5) is 24.9. The van der Waals surface area contributed by atoms with E-state index in [0.29, 0.717) is 11.8 Å². The van der Waals surface area contributed by atoms with Crippen LogP contribution in [0.2, 0.25) is 0 Å². The van der Waals surface area contributed by atoms with Crippen molar-refractivity contribution in [1.82, 2.24) is 14.9 Å². The summed E-state index contributed by atoms with van der Waals surface area (Å²) in [5.74, 6) is 1.35. The molecule has 0 spiro atoms. The number of nitrogens with zero attached hydrogens (tertiary/aromatic N) is 3. The number of hydrogen-bond donors (Lipinski definition) is 0. The monoisotopic (exact) mass is 355 g/mol. The van der Waals surface area contributed by atoms with E-state index in [0.717, 1.165) is 42.9 Å². The Morgan fingerprint density at radius 1 is 1.12 bits per heavy atom. The number of hydrogen-bond acceptors (Lipinski definition) is 4. The zero-order valence-corrected chi connectivity index (χ0v) is 15.4. The Balaban J connectivity index is 1.36. The third kappa shape index (κ3) is 3.76. The van der Waals surface area contributed by atoms with Crippen molar-refractivity contribution in [2.45, 2.75) is 50.9 Å². The fraction of sp³-hybridized carbons (Fsp3) is 0.550. The van der Waals surface area contributed by atoms with Gasteiger partial charge in [-0.05, 0) is 50.2 Å². The van der Waals surface area contributed by atoms with E-state index in [1.807, 2.05) is 22.7 Å². The van der Waals surface area contributed by atoms with Crippen molar-refractivity contribution in [3.63, 3.8) is 0 Å². The molecule has 1 amide bonds. The molecule has 4 nitrogen and oxygen atoms in total. The van der Waals surface area contributed by atoms with Crippen LogP contribution in [-0.2, 0) is 6.42 Å². The van der Waals surface area contributed by atoms with Crippen molar-refractivity contribution in [2.24, 2.45) is 5.92 Å². The molecule has 2 aromatic rings. The molecule has 0 aromatic carbocycles. The number of carbonyl (C=O) groups excluding carboxylic acids is 1. The van der Waals surface area contributed by atoms with Crippen molar-refractivity contribution in [2.75, 3.05) is 13.1 Å². The number of thiazole rings is 1. The van der Waals surface area contributed by atoms with Crippen LogP contribution in [0.1, 0.15) is 65.5 Å². The molecule has 0 atom stereocenters. The Labute approximate surface area is 153 Å². The predicted molar refractivity (Wildman–Crippen MR) is 99.9 cm³/mol. The van der Waals surface area contributed by atoms with Crippen molar-refractivity contribution in [3.8, 4) is 0 Å².